The maximum absolute atomic E-state index is 12.2. The topological polar surface area (TPSA) is 183 Å². The summed E-state index contributed by atoms with van der Waals surface area (Å²) in [4.78, 5) is 48.8. The minimum atomic E-state index is -0.665. The van der Waals surface area contributed by atoms with Gasteiger partial charge in [-0.25, -0.2) is 0 Å². The molecule has 2 amide bonds. The predicted molar refractivity (Wildman–Crippen MR) is 113 cm³/mol. The lowest BCUT2D eigenvalue weighted by molar-refractivity contribution is -0.385. The van der Waals surface area contributed by atoms with Gasteiger partial charge < -0.3 is 15.2 Å². The van der Waals surface area contributed by atoms with E-state index in [0.29, 0.717) is 16.7 Å². The van der Waals surface area contributed by atoms with Crippen LogP contribution < -0.4 is 10.6 Å². The molecule has 0 bridgehead atoms. The minimum absolute atomic E-state index is 0.0293. The molecule has 2 aromatic carbocycles. The zero-order valence-electron chi connectivity index (χ0n) is 17.3. The lowest BCUT2D eigenvalue weighted by Gasteiger charge is -2.06. The molecule has 0 radical (unpaired) electrons. The number of hydrogen-bond acceptors (Lipinski definition) is 9. The molecule has 0 saturated carbocycles. The summed E-state index contributed by atoms with van der Waals surface area (Å²) >= 11 is 0. The van der Waals surface area contributed by atoms with Crippen molar-refractivity contribution in [3.05, 3.63) is 79.7 Å². The van der Waals surface area contributed by atoms with Gasteiger partial charge in [0.25, 0.3) is 11.4 Å². The molecular formula is C20H18N6O7. The monoisotopic (exact) mass is 454 g/mol. The van der Waals surface area contributed by atoms with Gasteiger partial charge >= 0.3 is 11.8 Å². The van der Waals surface area contributed by atoms with E-state index in [0.717, 1.165) is 0 Å². The van der Waals surface area contributed by atoms with Crippen LogP contribution in [0, 0.1) is 27.2 Å². The van der Waals surface area contributed by atoms with Crippen molar-refractivity contribution in [3.8, 4) is 11.4 Å². The first-order chi connectivity index (χ1) is 15.8. The molecule has 0 saturated heterocycles. The van der Waals surface area contributed by atoms with Crippen molar-refractivity contribution in [2.75, 3.05) is 13.1 Å². The van der Waals surface area contributed by atoms with Crippen molar-refractivity contribution >= 4 is 23.2 Å². The lowest BCUT2D eigenvalue weighted by Crippen LogP contribution is -2.35. The molecule has 2 N–H and O–H groups in total. The normalized spacial score (nSPS) is 10.5. The highest BCUT2D eigenvalue weighted by molar-refractivity contribution is 5.90. The Morgan fingerprint density at radius 2 is 1.70 bits per heavy atom. The van der Waals surface area contributed by atoms with Crippen molar-refractivity contribution in [1.29, 1.82) is 0 Å². The summed E-state index contributed by atoms with van der Waals surface area (Å²) in [5.41, 5.74) is 1.15. The van der Waals surface area contributed by atoms with Gasteiger partial charge in [0.05, 0.1) is 16.3 Å². The summed E-state index contributed by atoms with van der Waals surface area (Å²) in [6.45, 7) is 1.75. The molecule has 0 aliphatic rings. The van der Waals surface area contributed by atoms with Gasteiger partial charge in [0.2, 0.25) is 11.7 Å². The number of carbonyl (C=O) groups excluding carboxylic acids is 2. The third-order valence-electron chi connectivity index (χ3n) is 4.61. The van der Waals surface area contributed by atoms with Crippen LogP contribution in [0.5, 0.6) is 0 Å². The van der Waals surface area contributed by atoms with Gasteiger partial charge in [-0.15, -0.1) is 0 Å². The van der Waals surface area contributed by atoms with E-state index in [1.807, 2.05) is 0 Å². The van der Waals surface area contributed by atoms with Gasteiger partial charge in [0, 0.05) is 42.4 Å². The number of benzene rings is 2. The maximum atomic E-state index is 12.2. The summed E-state index contributed by atoms with van der Waals surface area (Å²) in [5, 5.41) is 30.6. The Labute approximate surface area is 186 Å². The molecule has 3 rings (SSSR count). The van der Waals surface area contributed by atoms with E-state index in [4.69, 9.17) is 4.52 Å². The molecule has 13 heteroatoms. The van der Waals surface area contributed by atoms with E-state index in [-0.39, 0.29) is 48.5 Å². The summed E-state index contributed by atoms with van der Waals surface area (Å²) in [7, 11) is 0. The molecule has 1 aromatic heterocycles. The number of non-ortho nitro benzene ring substituents is 1. The predicted octanol–water partition coefficient (Wildman–Crippen LogP) is 1.95. The highest BCUT2D eigenvalue weighted by Gasteiger charge is 2.20. The smallest absolute Gasteiger partial charge is 0.316 e. The van der Waals surface area contributed by atoms with Gasteiger partial charge in [-0.3, -0.25) is 29.8 Å². The third kappa shape index (κ3) is 5.72. The fourth-order valence-corrected chi connectivity index (χ4v) is 2.93. The first-order valence-corrected chi connectivity index (χ1v) is 9.62. The van der Waals surface area contributed by atoms with Crippen molar-refractivity contribution in [1.82, 2.24) is 20.8 Å². The second-order valence-corrected chi connectivity index (χ2v) is 6.84. The number of hydrogen-bond donors (Lipinski definition) is 2. The maximum Gasteiger partial charge on any atom is 0.316 e. The van der Waals surface area contributed by atoms with Crippen LogP contribution in [-0.4, -0.2) is 44.9 Å². The van der Waals surface area contributed by atoms with Crippen LogP contribution in [-0.2, 0) is 11.2 Å². The Hall–Kier alpha value is -4.68. The Morgan fingerprint density at radius 1 is 1.00 bits per heavy atom. The second kappa shape index (κ2) is 10.1. The average Bonchev–Trinajstić information content (AvgIpc) is 3.27. The summed E-state index contributed by atoms with van der Waals surface area (Å²) in [6, 6.07) is 10.0. The lowest BCUT2D eigenvalue weighted by atomic mass is 10.1. The Balaban J connectivity index is 1.48. The van der Waals surface area contributed by atoms with Crippen molar-refractivity contribution in [3.63, 3.8) is 0 Å². The average molecular weight is 454 g/mol. The first-order valence-electron chi connectivity index (χ1n) is 9.62. The number of nitro benzene ring substituents is 2. The molecule has 1 heterocycles. The van der Waals surface area contributed by atoms with Gasteiger partial charge in [-0.05, 0) is 12.5 Å². The Kier molecular flexibility index (Phi) is 7.03. The number of nitrogens with zero attached hydrogens (tertiary/aromatic N) is 4. The molecule has 3 aromatic rings. The van der Waals surface area contributed by atoms with Gasteiger partial charge in [-0.1, -0.05) is 29.4 Å². The Bertz CT molecular complexity index is 1210. The molecular weight excluding hydrogens is 436 g/mol. The van der Waals surface area contributed by atoms with Gasteiger partial charge in [-0.2, -0.15) is 4.98 Å². The molecule has 0 aliphatic carbocycles. The molecule has 0 atom stereocenters. The van der Waals surface area contributed by atoms with Crippen LogP contribution in [0.15, 0.2) is 47.0 Å². The fourth-order valence-electron chi connectivity index (χ4n) is 2.93. The van der Waals surface area contributed by atoms with Crippen LogP contribution in [0.3, 0.4) is 0 Å². The van der Waals surface area contributed by atoms with E-state index in [1.165, 1.54) is 36.4 Å². The number of nitro groups is 2. The zero-order valence-corrected chi connectivity index (χ0v) is 17.3. The largest absolute Gasteiger partial charge is 0.354 e. The molecule has 0 aliphatic heterocycles. The summed E-state index contributed by atoms with van der Waals surface area (Å²) in [6.07, 6.45) is 0.0293. The molecule has 0 unspecified atom stereocenters. The van der Waals surface area contributed by atoms with Crippen LogP contribution >= 0.6 is 0 Å². The summed E-state index contributed by atoms with van der Waals surface area (Å²) in [5.74, 6) is -1.27. The van der Waals surface area contributed by atoms with E-state index in [2.05, 4.69) is 20.8 Å². The first kappa shape index (κ1) is 23.0. The fraction of sp³-hybridized carbons (Fsp3) is 0.200. The minimum Gasteiger partial charge on any atom is -0.354 e. The molecule has 0 fully saturated rings. The third-order valence-corrected chi connectivity index (χ3v) is 4.61. The van der Waals surface area contributed by atoms with Crippen LogP contribution in [0.1, 0.15) is 21.8 Å². The quantitative estimate of drug-likeness (QED) is 0.277. The standard InChI is InChI=1S/C20H18N6O7/c1-12-15(3-2-4-16(12)26(31)32)18-23-20(33-24-18)19(28)22-10-9-21-17(27)11-13-5-7-14(8-6-13)25(29)30/h2-8H,9-11H2,1H3,(H,21,27)(H,22,28). The van der Waals surface area contributed by atoms with E-state index < -0.39 is 15.8 Å². The van der Waals surface area contributed by atoms with E-state index >= 15 is 0 Å². The molecule has 13 nitrogen and oxygen atoms in total. The van der Waals surface area contributed by atoms with E-state index in [1.54, 1.807) is 13.0 Å². The molecule has 0 spiro atoms. The van der Waals surface area contributed by atoms with Crippen molar-refractivity contribution < 1.29 is 24.0 Å². The number of aromatic nitrogens is 2. The van der Waals surface area contributed by atoms with Gasteiger partial charge in [0.1, 0.15) is 0 Å². The number of rotatable bonds is 9. The van der Waals surface area contributed by atoms with E-state index in [9.17, 15) is 29.8 Å². The zero-order chi connectivity index (χ0) is 24.0. The van der Waals surface area contributed by atoms with Crippen LogP contribution in [0.4, 0.5) is 11.4 Å². The number of carbonyl (C=O) groups is 2. The van der Waals surface area contributed by atoms with Crippen molar-refractivity contribution in [2.45, 2.75) is 13.3 Å². The molecule has 170 valence electrons. The van der Waals surface area contributed by atoms with Crippen molar-refractivity contribution in [2.24, 2.45) is 0 Å². The number of nitrogens with one attached hydrogen (secondary N) is 2. The highest BCUT2D eigenvalue weighted by Crippen LogP contribution is 2.27. The van der Waals surface area contributed by atoms with Crippen LogP contribution in [0.2, 0.25) is 0 Å². The number of amides is 2. The SMILES string of the molecule is Cc1c(-c2noc(C(=O)NCCNC(=O)Cc3ccc([N+](=O)[O-])cc3)n2)cccc1[N+](=O)[O-]. The summed E-state index contributed by atoms with van der Waals surface area (Å²) < 4.78 is 4.94. The Morgan fingerprint density at radius 3 is 2.36 bits per heavy atom. The van der Waals surface area contributed by atoms with Crippen LogP contribution in [0.25, 0.3) is 11.4 Å². The molecule has 33 heavy (non-hydrogen) atoms. The van der Waals surface area contributed by atoms with Gasteiger partial charge in [0.15, 0.2) is 0 Å². The highest BCUT2D eigenvalue weighted by atomic mass is 16.6. The second-order valence-electron chi connectivity index (χ2n) is 6.84.